The van der Waals surface area contributed by atoms with Gasteiger partial charge in [-0.15, -0.1) is 0 Å². The van der Waals surface area contributed by atoms with Crippen molar-refractivity contribution < 1.29 is 19.1 Å². The molecule has 0 spiro atoms. The first-order valence-electron chi connectivity index (χ1n) is 9.27. The third kappa shape index (κ3) is 6.71. The summed E-state index contributed by atoms with van der Waals surface area (Å²) in [5, 5.41) is 5.40. The van der Waals surface area contributed by atoms with Crippen LogP contribution in [0.1, 0.15) is 35.3 Å². The molecule has 0 aromatic heterocycles. The van der Waals surface area contributed by atoms with Crippen LogP contribution in [0.2, 0.25) is 0 Å². The van der Waals surface area contributed by atoms with Crippen LogP contribution in [0.3, 0.4) is 0 Å². The van der Waals surface area contributed by atoms with Gasteiger partial charge < -0.3 is 15.4 Å². The van der Waals surface area contributed by atoms with E-state index in [-0.39, 0.29) is 11.8 Å². The first kappa shape index (κ1) is 22.6. The Morgan fingerprint density at radius 3 is 2.28 bits per heavy atom. The van der Waals surface area contributed by atoms with Crippen LogP contribution in [0.4, 0.5) is 5.69 Å². The fourth-order valence-electron chi connectivity index (χ4n) is 2.61. The molecule has 0 aliphatic carbocycles. The fraction of sp³-hybridized carbons (Fsp3) is 0.318. The minimum absolute atomic E-state index is 0.200. The summed E-state index contributed by atoms with van der Waals surface area (Å²) < 4.78 is 6.05. The Morgan fingerprint density at radius 1 is 1.03 bits per heavy atom. The molecule has 154 valence electrons. The van der Waals surface area contributed by atoms with Crippen molar-refractivity contribution >= 4 is 39.4 Å². The normalized spacial score (nSPS) is 11.7. The summed E-state index contributed by atoms with van der Waals surface area (Å²) in [6.45, 7) is 6.95. The summed E-state index contributed by atoms with van der Waals surface area (Å²) in [7, 11) is 0. The number of aryl methyl sites for hydroxylation is 2. The second-order valence-corrected chi connectivity index (χ2v) is 8.09. The molecule has 0 fully saturated rings. The fourth-order valence-corrected chi connectivity index (χ4v) is 3.08. The second kappa shape index (κ2) is 10.2. The lowest BCUT2D eigenvalue weighted by atomic mass is 10.0. The van der Waals surface area contributed by atoms with Crippen LogP contribution in [0.15, 0.2) is 46.9 Å². The number of benzene rings is 2. The number of hydrogen-bond donors (Lipinski definition) is 2. The van der Waals surface area contributed by atoms with Crippen LogP contribution in [0.25, 0.3) is 0 Å². The molecule has 7 heteroatoms. The molecule has 2 aromatic carbocycles. The van der Waals surface area contributed by atoms with E-state index >= 15 is 0 Å². The van der Waals surface area contributed by atoms with Crippen LogP contribution in [-0.2, 0) is 14.3 Å². The molecule has 2 N–H and O–H groups in total. The number of nitrogens with one attached hydrogen (secondary N) is 2. The van der Waals surface area contributed by atoms with Crippen molar-refractivity contribution in [3.63, 3.8) is 0 Å². The number of anilines is 1. The molecule has 0 unspecified atom stereocenters. The predicted molar refractivity (Wildman–Crippen MR) is 116 cm³/mol. The van der Waals surface area contributed by atoms with Crippen LogP contribution in [0.5, 0.6) is 0 Å². The highest BCUT2D eigenvalue weighted by Gasteiger charge is 2.26. The van der Waals surface area contributed by atoms with Gasteiger partial charge in [0, 0.05) is 15.7 Å². The summed E-state index contributed by atoms with van der Waals surface area (Å²) in [6.07, 6.45) is 0. The van der Waals surface area contributed by atoms with Crippen molar-refractivity contribution in [3.05, 3.63) is 63.6 Å². The summed E-state index contributed by atoms with van der Waals surface area (Å²) >= 11 is 3.37. The standard InChI is InChI=1S/C22H25BrN2O4/c1-13(2)20(25-21(27)16-7-5-14(3)6-8-16)22(28)29-12-19(26)24-18-10-9-17(23)11-15(18)4/h5-11,13,20H,12H2,1-4H3,(H,24,26)(H,25,27)/t20-/m0/s1. The largest absolute Gasteiger partial charge is 0.454 e. The number of carbonyl (C=O) groups excluding carboxylic acids is 3. The predicted octanol–water partition coefficient (Wildman–Crippen LogP) is 4.00. The average Bonchev–Trinajstić information content (AvgIpc) is 2.66. The molecule has 2 amide bonds. The smallest absolute Gasteiger partial charge is 0.329 e. The van der Waals surface area contributed by atoms with Crippen LogP contribution in [-0.4, -0.2) is 30.4 Å². The molecule has 0 aliphatic rings. The maximum absolute atomic E-state index is 12.5. The molecular formula is C22H25BrN2O4. The number of rotatable bonds is 7. The summed E-state index contributed by atoms with van der Waals surface area (Å²) in [4.78, 5) is 37.0. The lowest BCUT2D eigenvalue weighted by Crippen LogP contribution is -2.45. The van der Waals surface area contributed by atoms with Crippen molar-refractivity contribution in [2.75, 3.05) is 11.9 Å². The molecule has 6 nitrogen and oxygen atoms in total. The molecule has 0 radical (unpaired) electrons. The third-order valence-corrected chi connectivity index (χ3v) is 4.82. The maximum atomic E-state index is 12.5. The second-order valence-electron chi connectivity index (χ2n) is 7.18. The number of carbonyl (C=O) groups is 3. The lowest BCUT2D eigenvalue weighted by Gasteiger charge is -2.21. The van der Waals surface area contributed by atoms with Gasteiger partial charge in [-0.25, -0.2) is 4.79 Å². The molecule has 0 saturated carbocycles. The van der Waals surface area contributed by atoms with Crippen molar-refractivity contribution in [1.82, 2.24) is 5.32 Å². The maximum Gasteiger partial charge on any atom is 0.329 e. The van der Waals surface area contributed by atoms with E-state index in [1.165, 1.54) is 0 Å². The Labute approximate surface area is 179 Å². The molecule has 0 aliphatic heterocycles. The molecule has 0 bridgehead atoms. The monoisotopic (exact) mass is 460 g/mol. The van der Waals surface area contributed by atoms with Gasteiger partial charge in [-0.1, -0.05) is 47.5 Å². The zero-order valence-electron chi connectivity index (χ0n) is 16.9. The van der Waals surface area contributed by atoms with E-state index in [2.05, 4.69) is 26.6 Å². The van der Waals surface area contributed by atoms with Crippen LogP contribution in [0, 0.1) is 19.8 Å². The summed E-state index contributed by atoms with van der Waals surface area (Å²) in [6, 6.07) is 11.6. The number of halogens is 1. The highest BCUT2D eigenvalue weighted by atomic mass is 79.9. The van der Waals surface area contributed by atoms with E-state index in [9.17, 15) is 14.4 Å². The van der Waals surface area contributed by atoms with Gasteiger partial charge in [-0.3, -0.25) is 9.59 Å². The van der Waals surface area contributed by atoms with E-state index < -0.39 is 24.5 Å². The molecule has 1 atom stereocenters. The van der Waals surface area contributed by atoms with Gasteiger partial charge in [-0.05, 0) is 55.7 Å². The Morgan fingerprint density at radius 2 is 1.69 bits per heavy atom. The number of hydrogen-bond acceptors (Lipinski definition) is 4. The molecule has 29 heavy (non-hydrogen) atoms. The zero-order valence-corrected chi connectivity index (χ0v) is 18.5. The van der Waals surface area contributed by atoms with E-state index in [0.29, 0.717) is 11.3 Å². The average molecular weight is 461 g/mol. The summed E-state index contributed by atoms with van der Waals surface area (Å²) in [5.74, 6) is -1.66. The topological polar surface area (TPSA) is 84.5 Å². The van der Waals surface area contributed by atoms with E-state index in [1.54, 1.807) is 32.0 Å². The molecule has 0 saturated heterocycles. The minimum atomic E-state index is -0.856. The van der Waals surface area contributed by atoms with Crippen LogP contribution >= 0.6 is 15.9 Å². The number of esters is 1. The molecule has 2 aromatic rings. The van der Waals surface area contributed by atoms with Gasteiger partial charge in [0.15, 0.2) is 6.61 Å². The highest BCUT2D eigenvalue weighted by Crippen LogP contribution is 2.20. The lowest BCUT2D eigenvalue weighted by molar-refractivity contribution is -0.150. The minimum Gasteiger partial charge on any atom is -0.454 e. The van der Waals surface area contributed by atoms with Gasteiger partial charge in [0.2, 0.25) is 0 Å². The van der Waals surface area contributed by atoms with Crippen molar-refractivity contribution in [2.24, 2.45) is 5.92 Å². The van der Waals surface area contributed by atoms with Crippen molar-refractivity contribution in [3.8, 4) is 0 Å². The first-order chi connectivity index (χ1) is 13.7. The highest BCUT2D eigenvalue weighted by molar-refractivity contribution is 9.10. The quantitative estimate of drug-likeness (QED) is 0.611. The Balaban J connectivity index is 1.94. The van der Waals surface area contributed by atoms with Crippen molar-refractivity contribution in [2.45, 2.75) is 33.7 Å². The third-order valence-electron chi connectivity index (χ3n) is 4.33. The summed E-state index contributed by atoms with van der Waals surface area (Å²) in [5.41, 5.74) is 3.01. The molecule has 0 heterocycles. The van der Waals surface area contributed by atoms with Gasteiger partial charge in [0.1, 0.15) is 6.04 Å². The van der Waals surface area contributed by atoms with E-state index in [1.807, 2.05) is 38.1 Å². The Hall–Kier alpha value is -2.67. The van der Waals surface area contributed by atoms with E-state index in [4.69, 9.17) is 4.74 Å². The molecular weight excluding hydrogens is 436 g/mol. The number of amides is 2. The van der Waals surface area contributed by atoms with Crippen molar-refractivity contribution in [1.29, 1.82) is 0 Å². The SMILES string of the molecule is Cc1ccc(C(=O)N[C@H](C(=O)OCC(=O)Nc2ccc(Br)cc2C)C(C)C)cc1. The Bertz CT molecular complexity index is 894. The van der Waals surface area contributed by atoms with Gasteiger partial charge >= 0.3 is 5.97 Å². The van der Waals surface area contributed by atoms with E-state index in [0.717, 1.165) is 15.6 Å². The Kier molecular flexibility index (Phi) is 7.96. The van der Waals surface area contributed by atoms with Gasteiger partial charge in [0.25, 0.3) is 11.8 Å². The zero-order chi connectivity index (χ0) is 21.6. The van der Waals surface area contributed by atoms with Crippen LogP contribution < -0.4 is 10.6 Å². The van der Waals surface area contributed by atoms with Gasteiger partial charge in [-0.2, -0.15) is 0 Å². The first-order valence-corrected chi connectivity index (χ1v) is 10.1. The number of ether oxygens (including phenoxy) is 1. The van der Waals surface area contributed by atoms with Gasteiger partial charge in [0.05, 0.1) is 0 Å². The molecule has 2 rings (SSSR count).